The van der Waals surface area contributed by atoms with Crippen molar-refractivity contribution in [1.82, 2.24) is 10.2 Å². The number of carbonyl (C=O) groups excluding carboxylic acids is 1. The number of benzene rings is 1. The molecule has 4 heteroatoms. The van der Waals surface area contributed by atoms with Crippen LogP contribution in [0.2, 0.25) is 0 Å². The molecule has 1 saturated heterocycles. The van der Waals surface area contributed by atoms with Gasteiger partial charge in [0.25, 0.3) is 0 Å². The molecule has 2 atom stereocenters. The third-order valence-electron chi connectivity index (χ3n) is 4.10. The highest BCUT2D eigenvalue weighted by molar-refractivity contribution is 5.82. The highest BCUT2D eigenvalue weighted by atomic mass is 16.2. The van der Waals surface area contributed by atoms with Crippen LogP contribution in [0.5, 0.6) is 0 Å². The molecule has 0 saturated carbocycles. The first kappa shape index (κ1) is 15.0. The van der Waals surface area contributed by atoms with Crippen LogP contribution in [0.4, 0.5) is 0 Å². The Kier molecular flexibility index (Phi) is 5.15. The van der Waals surface area contributed by atoms with Gasteiger partial charge in [-0.1, -0.05) is 36.8 Å². The molecule has 1 heterocycles. The fourth-order valence-corrected chi connectivity index (χ4v) is 2.65. The lowest BCUT2D eigenvalue weighted by Crippen LogP contribution is -2.37. The van der Waals surface area contributed by atoms with Gasteiger partial charge >= 0.3 is 0 Å². The minimum absolute atomic E-state index is 0.0798. The van der Waals surface area contributed by atoms with Crippen LogP contribution in [0.25, 0.3) is 0 Å². The molecule has 0 aromatic heterocycles. The smallest absolute Gasteiger partial charge is 0.241 e. The Bertz CT molecular complexity index is 444. The van der Waals surface area contributed by atoms with Gasteiger partial charge in [-0.2, -0.15) is 0 Å². The van der Waals surface area contributed by atoms with E-state index in [2.05, 4.69) is 17.1 Å². The molecule has 3 N–H and O–H groups in total. The second-order valence-electron chi connectivity index (χ2n) is 5.68. The van der Waals surface area contributed by atoms with E-state index in [9.17, 15) is 4.79 Å². The van der Waals surface area contributed by atoms with E-state index in [0.717, 1.165) is 38.2 Å². The molecule has 1 aromatic rings. The number of nitrogens with two attached hydrogens (primary N) is 1. The molecule has 0 spiro atoms. The summed E-state index contributed by atoms with van der Waals surface area (Å²) in [7, 11) is 0. The van der Waals surface area contributed by atoms with Crippen LogP contribution in [0, 0.1) is 12.8 Å². The number of amides is 1. The predicted molar refractivity (Wildman–Crippen MR) is 81.3 cm³/mol. The van der Waals surface area contributed by atoms with Crippen molar-refractivity contribution in [3.05, 3.63) is 35.4 Å². The standard InChI is InChI=1S/C16H25N3O/c1-3-19-9-8-13(11-19)10-18-16(20)15(17)14-6-4-12(2)5-7-14/h4-7,13,15H,3,8-11,17H2,1-2H3,(H,18,20). The number of aryl methyl sites for hydroxylation is 1. The molecule has 2 unspecified atom stereocenters. The molecule has 4 nitrogen and oxygen atoms in total. The predicted octanol–water partition coefficient (Wildman–Crippen LogP) is 1.45. The summed E-state index contributed by atoms with van der Waals surface area (Å²) in [6.45, 7) is 8.24. The van der Waals surface area contributed by atoms with E-state index in [-0.39, 0.29) is 5.91 Å². The zero-order valence-corrected chi connectivity index (χ0v) is 12.4. The first-order valence-electron chi connectivity index (χ1n) is 7.42. The van der Waals surface area contributed by atoms with Crippen LogP contribution in [0.15, 0.2) is 24.3 Å². The molecule has 20 heavy (non-hydrogen) atoms. The van der Waals surface area contributed by atoms with Gasteiger partial charge in [-0.15, -0.1) is 0 Å². The second kappa shape index (κ2) is 6.86. The van der Waals surface area contributed by atoms with Crippen LogP contribution in [0.3, 0.4) is 0 Å². The third-order valence-corrected chi connectivity index (χ3v) is 4.10. The number of nitrogens with zero attached hydrogens (tertiary/aromatic N) is 1. The van der Waals surface area contributed by atoms with Crippen molar-refractivity contribution in [2.75, 3.05) is 26.2 Å². The molecule has 1 aliphatic rings. The maximum Gasteiger partial charge on any atom is 0.241 e. The highest BCUT2D eigenvalue weighted by Gasteiger charge is 2.23. The molecule has 1 fully saturated rings. The van der Waals surface area contributed by atoms with Crippen molar-refractivity contribution in [1.29, 1.82) is 0 Å². The zero-order valence-electron chi connectivity index (χ0n) is 12.4. The first-order chi connectivity index (χ1) is 9.60. The van der Waals surface area contributed by atoms with E-state index in [1.807, 2.05) is 31.2 Å². The van der Waals surface area contributed by atoms with E-state index in [1.54, 1.807) is 0 Å². The van der Waals surface area contributed by atoms with Crippen molar-refractivity contribution in [2.24, 2.45) is 11.7 Å². The number of carbonyl (C=O) groups is 1. The Morgan fingerprint density at radius 2 is 2.15 bits per heavy atom. The van der Waals surface area contributed by atoms with Crippen molar-refractivity contribution in [2.45, 2.75) is 26.3 Å². The molecule has 1 aliphatic heterocycles. The van der Waals surface area contributed by atoms with Crippen molar-refractivity contribution >= 4 is 5.91 Å². The third kappa shape index (κ3) is 3.81. The van der Waals surface area contributed by atoms with Crippen LogP contribution >= 0.6 is 0 Å². The van der Waals surface area contributed by atoms with E-state index in [0.29, 0.717) is 5.92 Å². The van der Waals surface area contributed by atoms with Gasteiger partial charge in [0.1, 0.15) is 6.04 Å². The van der Waals surface area contributed by atoms with Crippen molar-refractivity contribution < 1.29 is 4.79 Å². The molecule has 0 bridgehead atoms. The van der Waals surface area contributed by atoms with Gasteiger partial charge in [-0.05, 0) is 37.9 Å². The number of hydrogen-bond donors (Lipinski definition) is 2. The van der Waals surface area contributed by atoms with Crippen LogP contribution in [-0.4, -0.2) is 37.0 Å². The topological polar surface area (TPSA) is 58.4 Å². The summed E-state index contributed by atoms with van der Waals surface area (Å²) in [5, 5.41) is 2.99. The van der Waals surface area contributed by atoms with Crippen molar-refractivity contribution in [3.8, 4) is 0 Å². The summed E-state index contributed by atoms with van der Waals surface area (Å²) in [5.41, 5.74) is 8.05. The minimum atomic E-state index is -0.570. The lowest BCUT2D eigenvalue weighted by atomic mass is 10.0. The summed E-state index contributed by atoms with van der Waals surface area (Å²) >= 11 is 0. The normalized spacial score (nSPS) is 20.9. The Labute approximate surface area is 121 Å². The summed E-state index contributed by atoms with van der Waals surface area (Å²) in [6, 6.07) is 7.25. The summed E-state index contributed by atoms with van der Waals surface area (Å²) in [5.74, 6) is 0.480. The lowest BCUT2D eigenvalue weighted by Gasteiger charge is -2.16. The number of likely N-dealkylation sites (tertiary alicyclic amines) is 1. The van der Waals surface area contributed by atoms with E-state index in [1.165, 1.54) is 5.56 Å². The summed E-state index contributed by atoms with van der Waals surface area (Å²) in [6.07, 6.45) is 1.16. The molecular weight excluding hydrogens is 250 g/mol. The fraction of sp³-hybridized carbons (Fsp3) is 0.562. The highest BCUT2D eigenvalue weighted by Crippen LogP contribution is 2.15. The summed E-state index contributed by atoms with van der Waals surface area (Å²) < 4.78 is 0. The van der Waals surface area contributed by atoms with Crippen LogP contribution in [-0.2, 0) is 4.79 Å². The fourth-order valence-electron chi connectivity index (χ4n) is 2.65. The monoisotopic (exact) mass is 275 g/mol. The van der Waals surface area contributed by atoms with Gasteiger partial charge in [0.2, 0.25) is 5.91 Å². The number of rotatable bonds is 5. The summed E-state index contributed by atoms with van der Waals surface area (Å²) in [4.78, 5) is 14.5. The SMILES string of the molecule is CCN1CCC(CNC(=O)C(N)c2ccc(C)cc2)C1. The average molecular weight is 275 g/mol. The van der Waals surface area contributed by atoms with Crippen LogP contribution < -0.4 is 11.1 Å². The second-order valence-corrected chi connectivity index (χ2v) is 5.68. The van der Waals surface area contributed by atoms with Gasteiger partial charge in [0.15, 0.2) is 0 Å². The van der Waals surface area contributed by atoms with Crippen LogP contribution in [0.1, 0.15) is 30.5 Å². The Balaban J connectivity index is 1.81. The Hall–Kier alpha value is -1.39. The van der Waals surface area contributed by atoms with Gasteiger partial charge in [-0.25, -0.2) is 0 Å². The quantitative estimate of drug-likeness (QED) is 0.855. The molecule has 1 aromatic carbocycles. The van der Waals surface area contributed by atoms with E-state index < -0.39 is 6.04 Å². The van der Waals surface area contributed by atoms with E-state index >= 15 is 0 Å². The largest absolute Gasteiger partial charge is 0.354 e. The first-order valence-corrected chi connectivity index (χ1v) is 7.42. The molecule has 110 valence electrons. The molecule has 1 amide bonds. The number of nitrogens with one attached hydrogen (secondary N) is 1. The van der Waals surface area contributed by atoms with Crippen molar-refractivity contribution in [3.63, 3.8) is 0 Å². The minimum Gasteiger partial charge on any atom is -0.354 e. The Morgan fingerprint density at radius 3 is 2.75 bits per heavy atom. The Morgan fingerprint density at radius 1 is 1.45 bits per heavy atom. The lowest BCUT2D eigenvalue weighted by molar-refractivity contribution is -0.122. The van der Waals surface area contributed by atoms with E-state index in [4.69, 9.17) is 5.73 Å². The molecule has 2 rings (SSSR count). The van der Waals surface area contributed by atoms with Gasteiger partial charge in [0, 0.05) is 13.1 Å². The van der Waals surface area contributed by atoms with Gasteiger partial charge in [-0.3, -0.25) is 4.79 Å². The molecule has 0 radical (unpaired) electrons. The maximum absolute atomic E-state index is 12.1. The average Bonchev–Trinajstić information content (AvgIpc) is 2.93. The molecule has 0 aliphatic carbocycles. The van der Waals surface area contributed by atoms with Gasteiger partial charge < -0.3 is 16.0 Å². The van der Waals surface area contributed by atoms with Gasteiger partial charge in [0.05, 0.1) is 0 Å². The maximum atomic E-state index is 12.1. The number of hydrogen-bond acceptors (Lipinski definition) is 3. The zero-order chi connectivity index (χ0) is 14.5. The molecular formula is C16H25N3O.